The molecule has 0 heterocycles. The highest BCUT2D eigenvalue weighted by molar-refractivity contribution is 9.10. The van der Waals surface area contributed by atoms with Gasteiger partial charge in [0.05, 0.1) is 0 Å². The van der Waals surface area contributed by atoms with E-state index in [-0.39, 0.29) is 17.1 Å². The zero-order chi connectivity index (χ0) is 14.0. The Kier molecular flexibility index (Phi) is 4.17. The number of nitriles is 1. The molecule has 0 saturated heterocycles. The van der Waals surface area contributed by atoms with Gasteiger partial charge in [0.1, 0.15) is 17.4 Å². The molecule has 0 aliphatic heterocycles. The van der Waals surface area contributed by atoms with Crippen LogP contribution in [0.4, 0.5) is 8.78 Å². The maximum absolute atomic E-state index is 13.6. The third-order valence-corrected chi connectivity index (χ3v) is 3.39. The fraction of sp³-hybridized carbons (Fsp3) is 0. The standard InChI is InChI=1S/C13H5Br2F2NO/c14-7-4-10(16)13(17)12(5-7)19-11-3-1-2-9(15)8(11)6-18/h1-5H. The van der Waals surface area contributed by atoms with Crippen LogP contribution in [0.5, 0.6) is 11.5 Å². The van der Waals surface area contributed by atoms with Gasteiger partial charge in [-0.05, 0) is 40.2 Å². The first kappa shape index (κ1) is 14.0. The number of benzene rings is 2. The van der Waals surface area contributed by atoms with E-state index in [1.54, 1.807) is 12.1 Å². The summed E-state index contributed by atoms with van der Waals surface area (Å²) in [5.41, 5.74) is 0.210. The minimum Gasteiger partial charge on any atom is -0.453 e. The van der Waals surface area contributed by atoms with Crippen molar-refractivity contribution in [1.29, 1.82) is 5.26 Å². The van der Waals surface area contributed by atoms with E-state index < -0.39 is 11.6 Å². The van der Waals surface area contributed by atoms with E-state index in [0.717, 1.165) is 6.07 Å². The summed E-state index contributed by atoms with van der Waals surface area (Å²) in [5, 5.41) is 9.02. The van der Waals surface area contributed by atoms with Gasteiger partial charge in [0.2, 0.25) is 5.82 Å². The smallest absolute Gasteiger partial charge is 0.201 e. The van der Waals surface area contributed by atoms with Crippen LogP contribution >= 0.6 is 31.9 Å². The lowest BCUT2D eigenvalue weighted by Gasteiger charge is -2.10. The second kappa shape index (κ2) is 5.68. The van der Waals surface area contributed by atoms with Gasteiger partial charge >= 0.3 is 0 Å². The Bertz CT molecular complexity index is 683. The molecule has 0 bridgehead atoms. The van der Waals surface area contributed by atoms with Crippen molar-refractivity contribution in [3.05, 3.63) is 56.5 Å². The maximum atomic E-state index is 13.6. The summed E-state index contributed by atoms with van der Waals surface area (Å²) in [4.78, 5) is 0. The van der Waals surface area contributed by atoms with Gasteiger partial charge in [-0.3, -0.25) is 0 Å². The Balaban J connectivity index is 2.48. The Morgan fingerprint density at radius 1 is 1.11 bits per heavy atom. The number of nitrogens with zero attached hydrogens (tertiary/aromatic N) is 1. The predicted octanol–water partition coefficient (Wildman–Crippen LogP) is 5.15. The molecule has 0 radical (unpaired) electrons. The van der Waals surface area contributed by atoms with Crippen molar-refractivity contribution in [2.24, 2.45) is 0 Å². The quantitative estimate of drug-likeness (QED) is 0.666. The van der Waals surface area contributed by atoms with Crippen molar-refractivity contribution < 1.29 is 13.5 Å². The van der Waals surface area contributed by atoms with Gasteiger partial charge in [0, 0.05) is 8.95 Å². The lowest BCUT2D eigenvalue weighted by Crippen LogP contribution is -1.94. The summed E-state index contributed by atoms with van der Waals surface area (Å²) in [6.07, 6.45) is 0. The van der Waals surface area contributed by atoms with Crippen LogP contribution in [0.1, 0.15) is 5.56 Å². The van der Waals surface area contributed by atoms with Gasteiger partial charge in [-0.2, -0.15) is 9.65 Å². The van der Waals surface area contributed by atoms with Crippen molar-refractivity contribution in [2.75, 3.05) is 0 Å². The molecule has 0 aromatic heterocycles. The maximum Gasteiger partial charge on any atom is 0.201 e. The molecule has 96 valence electrons. The van der Waals surface area contributed by atoms with E-state index in [0.29, 0.717) is 8.95 Å². The van der Waals surface area contributed by atoms with E-state index in [9.17, 15) is 8.78 Å². The van der Waals surface area contributed by atoms with E-state index in [1.165, 1.54) is 12.1 Å². The monoisotopic (exact) mass is 387 g/mol. The number of hydrogen-bond acceptors (Lipinski definition) is 2. The highest BCUT2D eigenvalue weighted by Gasteiger charge is 2.15. The Morgan fingerprint density at radius 3 is 2.53 bits per heavy atom. The summed E-state index contributed by atoms with van der Waals surface area (Å²) in [5.74, 6) is -2.28. The molecule has 19 heavy (non-hydrogen) atoms. The number of ether oxygens (including phenoxy) is 1. The fourth-order valence-electron chi connectivity index (χ4n) is 1.42. The first-order valence-corrected chi connectivity index (χ1v) is 6.62. The molecule has 0 spiro atoms. The van der Waals surface area contributed by atoms with Gasteiger partial charge in [-0.25, -0.2) is 4.39 Å². The van der Waals surface area contributed by atoms with Crippen LogP contribution in [0.3, 0.4) is 0 Å². The average Bonchev–Trinajstić information content (AvgIpc) is 2.35. The molecule has 0 fully saturated rings. The van der Waals surface area contributed by atoms with Crippen LogP contribution in [0.2, 0.25) is 0 Å². The summed E-state index contributed by atoms with van der Waals surface area (Å²) >= 11 is 6.24. The molecule has 0 aliphatic carbocycles. The molecule has 0 N–H and O–H groups in total. The largest absolute Gasteiger partial charge is 0.453 e. The molecule has 2 rings (SSSR count). The molecule has 6 heteroatoms. The zero-order valence-electron chi connectivity index (χ0n) is 9.25. The van der Waals surface area contributed by atoms with Gasteiger partial charge in [0.15, 0.2) is 11.6 Å². The normalized spacial score (nSPS) is 10.1. The lowest BCUT2D eigenvalue weighted by molar-refractivity contribution is 0.414. The predicted molar refractivity (Wildman–Crippen MR) is 73.0 cm³/mol. The molecular formula is C13H5Br2F2NO. The number of halogens is 4. The van der Waals surface area contributed by atoms with Crippen molar-refractivity contribution in [3.8, 4) is 17.6 Å². The number of hydrogen-bond donors (Lipinski definition) is 0. The Hall–Kier alpha value is -1.45. The molecule has 2 aromatic rings. The SMILES string of the molecule is N#Cc1c(Br)cccc1Oc1cc(Br)cc(F)c1F. The highest BCUT2D eigenvalue weighted by Crippen LogP contribution is 2.33. The molecule has 0 amide bonds. The molecule has 2 nitrogen and oxygen atoms in total. The molecule has 0 saturated carbocycles. The average molecular weight is 389 g/mol. The van der Waals surface area contributed by atoms with Crippen molar-refractivity contribution >= 4 is 31.9 Å². The van der Waals surface area contributed by atoms with E-state index in [2.05, 4.69) is 31.9 Å². The fourth-order valence-corrected chi connectivity index (χ4v) is 2.27. The van der Waals surface area contributed by atoms with Crippen LogP contribution in [-0.2, 0) is 0 Å². The summed E-state index contributed by atoms with van der Waals surface area (Å²) < 4.78 is 33.0. The molecule has 0 aliphatic rings. The first-order valence-electron chi connectivity index (χ1n) is 5.04. The van der Waals surface area contributed by atoms with Crippen LogP contribution in [0.15, 0.2) is 39.3 Å². The van der Waals surface area contributed by atoms with Gasteiger partial charge < -0.3 is 4.74 Å². The summed E-state index contributed by atoms with van der Waals surface area (Å²) in [7, 11) is 0. The minimum atomic E-state index is -1.10. The molecule has 0 atom stereocenters. The second-order valence-electron chi connectivity index (χ2n) is 3.53. The summed E-state index contributed by atoms with van der Waals surface area (Å²) in [6.45, 7) is 0. The Labute approximate surface area is 124 Å². The zero-order valence-corrected chi connectivity index (χ0v) is 12.4. The van der Waals surface area contributed by atoms with Crippen molar-refractivity contribution in [1.82, 2.24) is 0 Å². The van der Waals surface area contributed by atoms with Gasteiger partial charge in [-0.1, -0.05) is 22.0 Å². The van der Waals surface area contributed by atoms with Gasteiger partial charge in [0.25, 0.3) is 0 Å². The van der Waals surface area contributed by atoms with Gasteiger partial charge in [-0.15, -0.1) is 0 Å². The van der Waals surface area contributed by atoms with Crippen molar-refractivity contribution in [2.45, 2.75) is 0 Å². The van der Waals surface area contributed by atoms with E-state index in [1.807, 2.05) is 6.07 Å². The van der Waals surface area contributed by atoms with E-state index in [4.69, 9.17) is 10.00 Å². The molecule has 2 aromatic carbocycles. The highest BCUT2D eigenvalue weighted by atomic mass is 79.9. The van der Waals surface area contributed by atoms with E-state index >= 15 is 0 Å². The second-order valence-corrected chi connectivity index (χ2v) is 5.30. The first-order chi connectivity index (χ1) is 9.02. The van der Waals surface area contributed by atoms with Crippen LogP contribution in [0, 0.1) is 23.0 Å². The lowest BCUT2D eigenvalue weighted by atomic mass is 10.2. The third kappa shape index (κ3) is 2.94. The van der Waals surface area contributed by atoms with Crippen LogP contribution < -0.4 is 4.74 Å². The molecule has 0 unspecified atom stereocenters. The van der Waals surface area contributed by atoms with Crippen molar-refractivity contribution in [3.63, 3.8) is 0 Å². The van der Waals surface area contributed by atoms with Crippen LogP contribution in [-0.4, -0.2) is 0 Å². The topological polar surface area (TPSA) is 33.0 Å². The number of rotatable bonds is 2. The summed E-state index contributed by atoms with van der Waals surface area (Å²) in [6, 6.07) is 9.01. The molecular weight excluding hydrogens is 384 g/mol. The van der Waals surface area contributed by atoms with Crippen LogP contribution in [0.25, 0.3) is 0 Å². The third-order valence-electron chi connectivity index (χ3n) is 2.27. The minimum absolute atomic E-state index is 0.147. The Morgan fingerprint density at radius 2 is 1.84 bits per heavy atom.